The van der Waals surface area contributed by atoms with Gasteiger partial charge in [-0.15, -0.1) is 0 Å². The molecule has 1 atom stereocenters. The zero-order valence-corrected chi connectivity index (χ0v) is 17.3. The molecule has 2 aromatic rings. The summed E-state index contributed by atoms with van der Waals surface area (Å²) in [6, 6.07) is 13.0. The van der Waals surface area contributed by atoms with Crippen LogP contribution in [0.1, 0.15) is 18.1 Å². The Bertz CT molecular complexity index is 1050. The summed E-state index contributed by atoms with van der Waals surface area (Å²) in [5, 5.41) is 12.5. The zero-order chi connectivity index (χ0) is 21.3. The lowest BCUT2D eigenvalue weighted by atomic mass is 10.1. The first-order valence-corrected chi connectivity index (χ1v) is 10.1. The third kappa shape index (κ3) is 4.25. The minimum absolute atomic E-state index is 0.113. The fourth-order valence-electron chi connectivity index (χ4n) is 3.93. The number of ether oxygens (including phenoxy) is 1. The molecule has 0 aromatic heterocycles. The van der Waals surface area contributed by atoms with Gasteiger partial charge >= 0.3 is 5.97 Å². The Morgan fingerprint density at radius 3 is 2.90 bits per heavy atom. The van der Waals surface area contributed by atoms with Crippen molar-refractivity contribution in [3.63, 3.8) is 0 Å². The summed E-state index contributed by atoms with van der Waals surface area (Å²) in [6.07, 6.45) is 0.273. The van der Waals surface area contributed by atoms with Crippen molar-refractivity contribution in [2.24, 2.45) is 0 Å². The summed E-state index contributed by atoms with van der Waals surface area (Å²) >= 11 is 6.04. The first kappa shape index (κ1) is 20.2. The van der Waals surface area contributed by atoms with Crippen molar-refractivity contribution < 1.29 is 14.3 Å². The molecule has 2 aromatic carbocycles. The van der Waals surface area contributed by atoms with Crippen LogP contribution < -0.4 is 15.0 Å². The lowest BCUT2D eigenvalue weighted by molar-refractivity contribution is -0.131. The van der Waals surface area contributed by atoms with Crippen LogP contribution in [0, 0.1) is 11.3 Å². The van der Waals surface area contributed by atoms with E-state index >= 15 is 0 Å². The molecular weight excluding hydrogens is 404 g/mol. The van der Waals surface area contributed by atoms with Crippen molar-refractivity contribution in [3.05, 3.63) is 52.5 Å². The number of hydrogen-bond acceptors (Lipinski definition) is 6. The molecule has 8 heteroatoms. The van der Waals surface area contributed by atoms with Crippen LogP contribution in [-0.4, -0.2) is 49.0 Å². The first-order chi connectivity index (χ1) is 14.4. The highest BCUT2D eigenvalue weighted by molar-refractivity contribution is 6.31. The molecule has 30 heavy (non-hydrogen) atoms. The van der Waals surface area contributed by atoms with Gasteiger partial charge in [-0.25, -0.2) is 0 Å². The number of hydrogen-bond donors (Lipinski definition) is 1. The summed E-state index contributed by atoms with van der Waals surface area (Å²) in [5.74, 6) is 0.126. The number of fused-ring (bicyclic) bond motifs is 1. The highest BCUT2D eigenvalue weighted by atomic mass is 35.5. The largest absolute Gasteiger partial charge is 0.426 e. The molecule has 1 amide bonds. The van der Waals surface area contributed by atoms with E-state index in [2.05, 4.69) is 28.1 Å². The Labute approximate surface area is 179 Å². The van der Waals surface area contributed by atoms with Crippen molar-refractivity contribution >= 4 is 34.9 Å². The molecule has 0 radical (unpaired) electrons. The van der Waals surface area contributed by atoms with E-state index < -0.39 is 0 Å². The van der Waals surface area contributed by atoms with Crippen LogP contribution in [0.2, 0.25) is 5.02 Å². The van der Waals surface area contributed by atoms with Crippen LogP contribution in [0.25, 0.3) is 0 Å². The average molecular weight is 425 g/mol. The van der Waals surface area contributed by atoms with Crippen molar-refractivity contribution in [3.8, 4) is 11.8 Å². The molecule has 0 spiro atoms. The quantitative estimate of drug-likeness (QED) is 0.600. The van der Waals surface area contributed by atoms with Gasteiger partial charge in [-0.3, -0.25) is 14.5 Å². The van der Waals surface area contributed by atoms with Gasteiger partial charge in [0.15, 0.2) is 0 Å². The van der Waals surface area contributed by atoms with Crippen molar-refractivity contribution in [1.82, 2.24) is 4.90 Å². The Balaban J connectivity index is 1.34. The molecule has 0 unspecified atom stereocenters. The van der Waals surface area contributed by atoms with Gasteiger partial charge in [0.1, 0.15) is 11.8 Å². The minimum Gasteiger partial charge on any atom is -0.426 e. The van der Waals surface area contributed by atoms with E-state index in [1.54, 1.807) is 24.3 Å². The summed E-state index contributed by atoms with van der Waals surface area (Å²) in [7, 11) is 0. The highest BCUT2D eigenvalue weighted by Gasteiger charge is 2.26. The van der Waals surface area contributed by atoms with E-state index in [1.807, 2.05) is 12.1 Å². The van der Waals surface area contributed by atoms with Gasteiger partial charge < -0.3 is 15.0 Å². The molecule has 154 valence electrons. The van der Waals surface area contributed by atoms with Crippen molar-refractivity contribution in [2.75, 3.05) is 36.4 Å². The number of anilines is 2. The number of carbonyl (C=O) groups is 2. The molecular formula is C22H21ClN4O3. The molecule has 0 aliphatic carbocycles. The van der Waals surface area contributed by atoms with E-state index in [4.69, 9.17) is 16.3 Å². The number of nitrogens with zero attached hydrogens (tertiary/aromatic N) is 3. The van der Waals surface area contributed by atoms with Gasteiger partial charge in [0.2, 0.25) is 5.91 Å². The summed E-state index contributed by atoms with van der Waals surface area (Å²) < 4.78 is 5.14. The van der Waals surface area contributed by atoms with Gasteiger partial charge in [0.25, 0.3) is 0 Å². The van der Waals surface area contributed by atoms with Gasteiger partial charge in [0, 0.05) is 48.7 Å². The van der Waals surface area contributed by atoms with Crippen LogP contribution in [0.4, 0.5) is 11.4 Å². The second-order valence-corrected chi connectivity index (χ2v) is 7.98. The van der Waals surface area contributed by atoms with Crippen LogP contribution in [-0.2, 0) is 16.0 Å². The zero-order valence-electron chi connectivity index (χ0n) is 16.5. The number of halogens is 1. The number of esters is 1. The Hall–Kier alpha value is -3.08. The molecule has 2 aliphatic heterocycles. The lowest BCUT2D eigenvalue weighted by Gasteiger charge is -2.41. The third-order valence-corrected chi connectivity index (χ3v) is 5.72. The summed E-state index contributed by atoms with van der Waals surface area (Å²) in [6.45, 7) is 4.57. The SMILES string of the molecule is C[C@@H]1CN(CC(=O)Nc2ccc3c(c2)OC(=O)C3)CCN1c1ccc(Cl)c(C#N)c1. The van der Waals surface area contributed by atoms with Crippen molar-refractivity contribution in [1.29, 1.82) is 5.26 Å². The van der Waals surface area contributed by atoms with Gasteiger partial charge in [0.05, 0.1) is 23.6 Å². The van der Waals surface area contributed by atoms with E-state index in [0.29, 0.717) is 22.0 Å². The topological polar surface area (TPSA) is 85.7 Å². The van der Waals surface area contributed by atoms with Crippen molar-refractivity contribution in [2.45, 2.75) is 19.4 Å². The fourth-order valence-corrected chi connectivity index (χ4v) is 4.09. The molecule has 2 heterocycles. The fraction of sp³-hybridized carbons (Fsp3) is 0.318. The van der Waals surface area contributed by atoms with Gasteiger partial charge in [-0.1, -0.05) is 17.7 Å². The Kier molecular flexibility index (Phi) is 5.62. The normalized spacial score (nSPS) is 18.5. The van der Waals surface area contributed by atoms with E-state index in [0.717, 1.165) is 30.9 Å². The van der Waals surface area contributed by atoms with E-state index in [9.17, 15) is 14.9 Å². The predicted molar refractivity (Wildman–Crippen MR) is 114 cm³/mol. The smallest absolute Gasteiger partial charge is 0.315 e. The number of amides is 1. The number of nitriles is 1. The maximum atomic E-state index is 12.5. The average Bonchev–Trinajstić information content (AvgIpc) is 3.08. The van der Waals surface area contributed by atoms with E-state index in [-0.39, 0.29) is 30.9 Å². The molecule has 4 rings (SSSR count). The molecule has 0 saturated carbocycles. The highest BCUT2D eigenvalue weighted by Crippen LogP contribution is 2.29. The number of rotatable bonds is 4. The van der Waals surface area contributed by atoms with E-state index in [1.165, 1.54) is 0 Å². The molecule has 7 nitrogen and oxygen atoms in total. The second kappa shape index (κ2) is 8.34. The van der Waals surface area contributed by atoms with Gasteiger partial charge in [-0.2, -0.15) is 5.26 Å². The number of piperazine rings is 1. The number of carbonyl (C=O) groups excluding carboxylic acids is 2. The van der Waals surface area contributed by atoms with Crippen LogP contribution >= 0.6 is 11.6 Å². The van der Waals surface area contributed by atoms with Crippen LogP contribution in [0.5, 0.6) is 5.75 Å². The maximum absolute atomic E-state index is 12.5. The summed E-state index contributed by atoms with van der Waals surface area (Å²) in [5.41, 5.74) is 2.87. The molecule has 0 bridgehead atoms. The summed E-state index contributed by atoms with van der Waals surface area (Å²) in [4.78, 5) is 28.2. The minimum atomic E-state index is -0.275. The standard InChI is InChI=1S/C22H21ClN4O3/c1-14-12-26(6-7-27(14)18-4-5-19(23)16(8-18)11-24)13-21(28)25-17-3-2-15-9-22(29)30-20(15)10-17/h2-5,8,10,14H,6-7,9,12-13H2,1H3,(H,25,28)/t14-/m1/s1. The maximum Gasteiger partial charge on any atom is 0.315 e. The Morgan fingerprint density at radius 1 is 1.30 bits per heavy atom. The molecule has 1 saturated heterocycles. The third-order valence-electron chi connectivity index (χ3n) is 5.39. The van der Waals surface area contributed by atoms with Crippen LogP contribution in [0.3, 0.4) is 0 Å². The lowest BCUT2D eigenvalue weighted by Crippen LogP contribution is -2.53. The van der Waals surface area contributed by atoms with Crippen LogP contribution in [0.15, 0.2) is 36.4 Å². The second-order valence-electron chi connectivity index (χ2n) is 7.58. The molecule has 2 aliphatic rings. The number of nitrogens with one attached hydrogen (secondary N) is 1. The number of benzene rings is 2. The molecule has 1 N–H and O–H groups in total. The monoisotopic (exact) mass is 424 g/mol. The van der Waals surface area contributed by atoms with Gasteiger partial charge in [-0.05, 0) is 31.2 Å². The predicted octanol–water partition coefficient (Wildman–Crippen LogP) is 2.82. The Morgan fingerprint density at radius 2 is 2.13 bits per heavy atom. The molecule has 1 fully saturated rings. The first-order valence-electron chi connectivity index (χ1n) is 9.75.